The molecule has 21 heavy (non-hydrogen) atoms. The number of fused-ring (bicyclic) bond motifs is 1. The molecule has 0 bridgehead atoms. The second kappa shape index (κ2) is 6.06. The largest absolute Gasteiger partial charge is 0.496 e. The van der Waals surface area contributed by atoms with E-state index >= 15 is 0 Å². The molecule has 1 aliphatic heterocycles. The molecule has 1 heterocycles. The zero-order valence-electron chi connectivity index (χ0n) is 12.0. The Labute approximate surface area is 124 Å². The third kappa shape index (κ3) is 2.95. The van der Waals surface area contributed by atoms with Gasteiger partial charge in [-0.3, -0.25) is 0 Å². The standard InChI is InChI=1S/C17H19NO3/c1-19-15-5-3-2-4-13(15)14(18)10-12-6-7-16-17(11-12)21-9-8-20-16/h2-7,11,14H,8-10,18H2,1H3. The van der Waals surface area contributed by atoms with Gasteiger partial charge in [-0.15, -0.1) is 0 Å². The van der Waals surface area contributed by atoms with Gasteiger partial charge in [0, 0.05) is 11.6 Å². The van der Waals surface area contributed by atoms with E-state index in [4.69, 9.17) is 19.9 Å². The van der Waals surface area contributed by atoms with Crippen LogP contribution in [0.5, 0.6) is 17.2 Å². The highest BCUT2D eigenvalue weighted by Gasteiger charge is 2.15. The predicted octanol–water partition coefficient (Wildman–Crippen LogP) is 2.71. The first kappa shape index (κ1) is 13.8. The fourth-order valence-corrected chi connectivity index (χ4v) is 2.55. The molecule has 3 rings (SSSR count). The van der Waals surface area contributed by atoms with Crippen molar-refractivity contribution in [2.45, 2.75) is 12.5 Å². The van der Waals surface area contributed by atoms with Crippen LogP contribution in [0.1, 0.15) is 17.2 Å². The van der Waals surface area contributed by atoms with E-state index < -0.39 is 0 Å². The topological polar surface area (TPSA) is 53.7 Å². The molecule has 1 unspecified atom stereocenters. The van der Waals surface area contributed by atoms with Crippen LogP contribution in [-0.2, 0) is 6.42 Å². The summed E-state index contributed by atoms with van der Waals surface area (Å²) in [5.74, 6) is 2.42. The average molecular weight is 285 g/mol. The summed E-state index contributed by atoms with van der Waals surface area (Å²) in [6.07, 6.45) is 0.719. The number of hydrogen-bond donors (Lipinski definition) is 1. The van der Waals surface area contributed by atoms with Gasteiger partial charge in [-0.25, -0.2) is 0 Å². The van der Waals surface area contributed by atoms with Crippen LogP contribution < -0.4 is 19.9 Å². The summed E-state index contributed by atoms with van der Waals surface area (Å²) in [7, 11) is 1.66. The van der Waals surface area contributed by atoms with E-state index in [9.17, 15) is 0 Å². The molecule has 0 saturated carbocycles. The van der Waals surface area contributed by atoms with E-state index in [-0.39, 0.29) is 6.04 Å². The van der Waals surface area contributed by atoms with E-state index in [1.165, 1.54) is 0 Å². The molecule has 2 N–H and O–H groups in total. The maximum Gasteiger partial charge on any atom is 0.161 e. The van der Waals surface area contributed by atoms with Crippen molar-refractivity contribution in [3.8, 4) is 17.2 Å². The van der Waals surface area contributed by atoms with Crippen LogP contribution in [0.25, 0.3) is 0 Å². The highest BCUT2D eigenvalue weighted by Crippen LogP contribution is 2.32. The molecule has 0 radical (unpaired) electrons. The number of para-hydroxylation sites is 1. The van der Waals surface area contributed by atoms with Crippen molar-refractivity contribution in [3.63, 3.8) is 0 Å². The minimum Gasteiger partial charge on any atom is -0.496 e. The summed E-state index contributed by atoms with van der Waals surface area (Å²) in [5, 5.41) is 0. The molecule has 0 amide bonds. The lowest BCUT2D eigenvalue weighted by Gasteiger charge is -2.20. The summed E-state index contributed by atoms with van der Waals surface area (Å²) >= 11 is 0. The van der Waals surface area contributed by atoms with Crippen LogP contribution in [0, 0.1) is 0 Å². The Balaban J connectivity index is 1.79. The van der Waals surface area contributed by atoms with Gasteiger partial charge in [0.2, 0.25) is 0 Å². The number of nitrogens with two attached hydrogens (primary N) is 1. The lowest BCUT2D eigenvalue weighted by molar-refractivity contribution is 0.171. The van der Waals surface area contributed by atoms with Gasteiger partial charge < -0.3 is 19.9 Å². The molecular formula is C17H19NO3. The van der Waals surface area contributed by atoms with Gasteiger partial charge in [0.05, 0.1) is 7.11 Å². The zero-order chi connectivity index (χ0) is 14.7. The fourth-order valence-electron chi connectivity index (χ4n) is 2.55. The molecule has 1 aliphatic rings. The van der Waals surface area contributed by atoms with Gasteiger partial charge in [0.25, 0.3) is 0 Å². The Kier molecular flexibility index (Phi) is 3.97. The molecule has 0 saturated heterocycles. The summed E-state index contributed by atoms with van der Waals surface area (Å²) in [6, 6.07) is 13.7. The van der Waals surface area contributed by atoms with Crippen LogP contribution in [0.15, 0.2) is 42.5 Å². The fraction of sp³-hybridized carbons (Fsp3) is 0.294. The molecule has 0 spiro atoms. The third-order valence-electron chi connectivity index (χ3n) is 3.60. The molecule has 2 aromatic rings. The normalized spacial score (nSPS) is 14.6. The first-order valence-electron chi connectivity index (χ1n) is 7.05. The van der Waals surface area contributed by atoms with Crippen LogP contribution in [0.4, 0.5) is 0 Å². The Morgan fingerprint density at radius 1 is 1.10 bits per heavy atom. The molecule has 110 valence electrons. The Morgan fingerprint density at radius 2 is 1.86 bits per heavy atom. The first-order chi connectivity index (χ1) is 10.3. The van der Waals surface area contributed by atoms with Crippen LogP contribution >= 0.6 is 0 Å². The van der Waals surface area contributed by atoms with Gasteiger partial charge in [0.1, 0.15) is 19.0 Å². The van der Waals surface area contributed by atoms with Crippen molar-refractivity contribution >= 4 is 0 Å². The summed E-state index contributed by atoms with van der Waals surface area (Å²) < 4.78 is 16.5. The Morgan fingerprint density at radius 3 is 2.67 bits per heavy atom. The second-order valence-corrected chi connectivity index (χ2v) is 5.03. The minimum atomic E-state index is -0.122. The van der Waals surface area contributed by atoms with Crippen molar-refractivity contribution < 1.29 is 14.2 Å². The number of benzene rings is 2. The number of rotatable bonds is 4. The minimum absolute atomic E-state index is 0.122. The molecule has 1 atom stereocenters. The molecule has 4 nitrogen and oxygen atoms in total. The summed E-state index contributed by atoms with van der Waals surface area (Å²) in [5.41, 5.74) is 8.46. The molecule has 0 aromatic heterocycles. The quantitative estimate of drug-likeness (QED) is 0.938. The highest BCUT2D eigenvalue weighted by molar-refractivity contribution is 5.45. The van der Waals surface area contributed by atoms with Crippen molar-refractivity contribution in [1.29, 1.82) is 0 Å². The van der Waals surface area contributed by atoms with E-state index in [0.717, 1.165) is 34.8 Å². The maximum atomic E-state index is 6.33. The Bertz CT molecular complexity index is 627. The SMILES string of the molecule is COc1ccccc1C(N)Cc1ccc2c(c1)OCCO2. The maximum absolute atomic E-state index is 6.33. The van der Waals surface area contributed by atoms with Crippen molar-refractivity contribution in [3.05, 3.63) is 53.6 Å². The van der Waals surface area contributed by atoms with E-state index in [0.29, 0.717) is 13.2 Å². The summed E-state index contributed by atoms with van der Waals surface area (Å²) in [6.45, 7) is 1.20. The molecular weight excluding hydrogens is 266 g/mol. The molecule has 0 fully saturated rings. The lowest BCUT2D eigenvalue weighted by Crippen LogP contribution is -2.17. The van der Waals surface area contributed by atoms with Gasteiger partial charge in [-0.2, -0.15) is 0 Å². The molecule has 0 aliphatic carbocycles. The number of ether oxygens (including phenoxy) is 3. The third-order valence-corrected chi connectivity index (χ3v) is 3.60. The van der Waals surface area contributed by atoms with E-state index in [1.807, 2.05) is 42.5 Å². The summed E-state index contributed by atoms with van der Waals surface area (Å²) in [4.78, 5) is 0. The first-order valence-corrected chi connectivity index (χ1v) is 7.05. The van der Waals surface area contributed by atoms with Crippen LogP contribution in [0.3, 0.4) is 0 Å². The van der Waals surface area contributed by atoms with Crippen LogP contribution in [-0.4, -0.2) is 20.3 Å². The van der Waals surface area contributed by atoms with Gasteiger partial charge in [0.15, 0.2) is 11.5 Å². The van der Waals surface area contributed by atoms with Gasteiger partial charge >= 0.3 is 0 Å². The van der Waals surface area contributed by atoms with Gasteiger partial charge in [-0.05, 0) is 30.2 Å². The van der Waals surface area contributed by atoms with Crippen molar-refractivity contribution in [2.75, 3.05) is 20.3 Å². The highest BCUT2D eigenvalue weighted by atomic mass is 16.6. The molecule has 2 aromatic carbocycles. The average Bonchev–Trinajstić information content (AvgIpc) is 2.54. The van der Waals surface area contributed by atoms with E-state index in [1.54, 1.807) is 7.11 Å². The monoisotopic (exact) mass is 285 g/mol. The number of hydrogen-bond acceptors (Lipinski definition) is 4. The number of methoxy groups -OCH3 is 1. The predicted molar refractivity (Wildman–Crippen MR) is 81.1 cm³/mol. The van der Waals surface area contributed by atoms with Crippen molar-refractivity contribution in [2.24, 2.45) is 5.73 Å². The zero-order valence-corrected chi connectivity index (χ0v) is 12.0. The Hall–Kier alpha value is -2.20. The van der Waals surface area contributed by atoms with Crippen molar-refractivity contribution in [1.82, 2.24) is 0 Å². The smallest absolute Gasteiger partial charge is 0.161 e. The molecule has 4 heteroatoms. The lowest BCUT2D eigenvalue weighted by atomic mass is 9.98. The second-order valence-electron chi connectivity index (χ2n) is 5.03. The van der Waals surface area contributed by atoms with Crippen LogP contribution in [0.2, 0.25) is 0 Å². The van der Waals surface area contributed by atoms with E-state index in [2.05, 4.69) is 0 Å². The van der Waals surface area contributed by atoms with Gasteiger partial charge in [-0.1, -0.05) is 24.3 Å².